The monoisotopic (exact) mass is 216 g/mol. The predicted molar refractivity (Wildman–Crippen MR) is 57.7 cm³/mol. The SMILES string of the molecule is CC1CCN(c2ncc(CCl)s2)C1. The lowest BCUT2D eigenvalue weighted by Gasteiger charge is -2.13. The van der Waals surface area contributed by atoms with Gasteiger partial charge in [0, 0.05) is 24.2 Å². The van der Waals surface area contributed by atoms with Gasteiger partial charge in [0.2, 0.25) is 0 Å². The van der Waals surface area contributed by atoms with Crippen LogP contribution in [0.2, 0.25) is 0 Å². The number of halogens is 1. The quantitative estimate of drug-likeness (QED) is 0.707. The van der Waals surface area contributed by atoms with E-state index in [2.05, 4.69) is 16.8 Å². The van der Waals surface area contributed by atoms with Gasteiger partial charge in [-0.05, 0) is 12.3 Å². The minimum Gasteiger partial charge on any atom is -0.348 e. The van der Waals surface area contributed by atoms with E-state index < -0.39 is 0 Å². The van der Waals surface area contributed by atoms with Crippen LogP contribution in [0.4, 0.5) is 5.13 Å². The number of thiazole rings is 1. The molecule has 0 N–H and O–H groups in total. The Kier molecular flexibility index (Phi) is 2.74. The summed E-state index contributed by atoms with van der Waals surface area (Å²) in [5.41, 5.74) is 0. The maximum Gasteiger partial charge on any atom is 0.185 e. The lowest BCUT2D eigenvalue weighted by Crippen LogP contribution is -2.18. The van der Waals surface area contributed by atoms with Crippen LogP contribution in [-0.2, 0) is 5.88 Å². The van der Waals surface area contributed by atoms with Gasteiger partial charge >= 0.3 is 0 Å². The van der Waals surface area contributed by atoms with Gasteiger partial charge in [0.05, 0.1) is 5.88 Å². The van der Waals surface area contributed by atoms with Crippen LogP contribution in [0.25, 0.3) is 0 Å². The molecular formula is C9H13ClN2S. The molecule has 2 nitrogen and oxygen atoms in total. The van der Waals surface area contributed by atoms with Gasteiger partial charge in [-0.3, -0.25) is 0 Å². The molecule has 0 aromatic carbocycles. The van der Waals surface area contributed by atoms with E-state index in [-0.39, 0.29) is 0 Å². The molecule has 1 unspecified atom stereocenters. The lowest BCUT2D eigenvalue weighted by molar-refractivity contribution is 0.659. The topological polar surface area (TPSA) is 16.1 Å². The summed E-state index contributed by atoms with van der Waals surface area (Å²) in [6.45, 7) is 4.59. The van der Waals surface area contributed by atoms with Gasteiger partial charge < -0.3 is 4.90 Å². The second kappa shape index (κ2) is 3.84. The van der Waals surface area contributed by atoms with E-state index >= 15 is 0 Å². The molecule has 2 rings (SSSR count). The number of aromatic nitrogens is 1. The van der Waals surface area contributed by atoms with E-state index in [1.165, 1.54) is 6.42 Å². The molecule has 72 valence electrons. The molecule has 0 aliphatic carbocycles. The van der Waals surface area contributed by atoms with Crippen molar-refractivity contribution in [2.45, 2.75) is 19.2 Å². The number of hydrogen-bond donors (Lipinski definition) is 0. The highest BCUT2D eigenvalue weighted by molar-refractivity contribution is 7.15. The highest BCUT2D eigenvalue weighted by Crippen LogP contribution is 2.28. The van der Waals surface area contributed by atoms with Crippen molar-refractivity contribution in [2.24, 2.45) is 5.92 Å². The molecule has 0 amide bonds. The van der Waals surface area contributed by atoms with Crippen molar-refractivity contribution in [3.8, 4) is 0 Å². The van der Waals surface area contributed by atoms with Gasteiger partial charge in [-0.25, -0.2) is 4.98 Å². The molecule has 0 radical (unpaired) electrons. The Morgan fingerprint density at radius 3 is 3.15 bits per heavy atom. The Labute approximate surface area is 87.5 Å². The third-order valence-electron chi connectivity index (χ3n) is 2.37. The summed E-state index contributed by atoms with van der Waals surface area (Å²) in [6, 6.07) is 0. The van der Waals surface area contributed by atoms with E-state index in [0.717, 1.165) is 29.0 Å². The van der Waals surface area contributed by atoms with Gasteiger partial charge in [-0.15, -0.1) is 22.9 Å². The second-order valence-corrected chi connectivity index (χ2v) is 4.94. The van der Waals surface area contributed by atoms with Crippen LogP contribution in [0, 0.1) is 5.92 Å². The van der Waals surface area contributed by atoms with Crippen LogP contribution in [0.1, 0.15) is 18.2 Å². The van der Waals surface area contributed by atoms with Crippen molar-refractivity contribution >= 4 is 28.1 Å². The zero-order chi connectivity index (χ0) is 9.26. The van der Waals surface area contributed by atoms with Gasteiger partial charge in [0.15, 0.2) is 5.13 Å². The van der Waals surface area contributed by atoms with Crippen LogP contribution in [-0.4, -0.2) is 18.1 Å². The summed E-state index contributed by atoms with van der Waals surface area (Å²) in [6.07, 6.45) is 3.17. The van der Waals surface area contributed by atoms with Crippen LogP contribution < -0.4 is 4.90 Å². The third-order valence-corrected chi connectivity index (χ3v) is 3.87. The van der Waals surface area contributed by atoms with E-state index in [1.807, 2.05) is 6.20 Å². The average molecular weight is 217 g/mol. The van der Waals surface area contributed by atoms with Crippen LogP contribution >= 0.6 is 22.9 Å². The first-order chi connectivity index (χ1) is 6.29. The van der Waals surface area contributed by atoms with Gasteiger partial charge in [-0.2, -0.15) is 0 Å². The Morgan fingerprint density at radius 2 is 2.62 bits per heavy atom. The van der Waals surface area contributed by atoms with E-state index in [4.69, 9.17) is 11.6 Å². The molecule has 0 saturated carbocycles. The van der Waals surface area contributed by atoms with Crippen LogP contribution in [0.3, 0.4) is 0 Å². The Morgan fingerprint density at radius 1 is 1.77 bits per heavy atom. The molecule has 0 bridgehead atoms. The summed E-state index contributed by atoms with van der Waals surface area (Å²) in [7, 11) is 0. The van der Waals surface area contributed by atoms with Crippen molar-refractivity contribution in [3.05, 3.63) is 11.1 Å². The maximum absolute atomic E-state index is 5.73. The molecule has 13 heavy (non-hydrogen) atoms. The lowest BCUT2D eigenvalue weighted by atomic mass is 10.2. The molecular weight excluding hydrogens is 204 g/mol. The summed E-state index contributed by atoms with van der Waals surface area (Å²) < 4.78 is 0. The molecule has 2 heterocycles. The number of rotatable bonds is 2. The molecule has 1 fully saturated rings. The fourth-order valence-electron chi connectivity index (χ4n) is 1.61. The van der Waals surface area contributed by atoms with Crippen molar-refractivity contribution < 1.29 is 0 Å². The second-order valence-electron chi connectivity index (χ2n) is 3.58. The predicted octanol–water partition coefficient (Wildman–Crippen LogP) is 2.73. The summed E-state index contributed by atoms with van der Waals surface area (Å²) in [5.74, 6) is 1.39. The maximum atomic E-state index is 5.73. The molecule has 4 heteroatoms. The molecule has 1 aliphatic rings. The summed E-state index contributed by atoms with van der Waals surface area (Å²) >= 11 is 7.44. The first-order valence-electron chi connectivity index (χ1n) is 4.55. The van der Waals surface area contributed by atoms with Crippen LogP contribution in [0.5, 0.6) is 0 Å². The highest BCUT2D eigenvalue weighted by atomic mass is 35.5. The molecule has 1 aromatic heterocycles. The van der Waals surface area contributed by atoms with Crippen LogP contribution in [0.15, 0.2) is 6.20 Å². The van der Waals surface area contributed by atoms with Gasteiger partial charge in [0.1, 0.15) is 0 Å². The smallest absolute Gasteiger partial charge is 0.185 e. The fourth-order valence-corrected chi connectivity index (χ4v) is 2.64. The zero-order valence-electron chi connectivity index (χ0n) is 7.66. The Bertz CT molecular complexity index is 287. The standard InChI is InChI=1S/C9H13ClN2S/c1-7-2-3-12(6-7)9-11-5-8(4-10)13-9/h5,7H,2-4,6H2,1H3. The zero-order valence-corrected chi connectivity index (χ0v) is 9.24. The van der Waals surface area contributed by atoms with Gasteiger partial charge in [0.25, 0.3) is 0 Å². The first kappa shape index (κ1) is 9.28. The fraction of sp³-hybridized carbons (Fsp3) is 0.667. The molecule has 1 aromatic rings. The summed E-state index contributed by atoms with van der Waals surface area (Å²) in [4.78, 5) is 7.88. The van der Waals surface area contributed by atoms with Crippen molar-refractivity contribution in [2.75, 3.05) is 18.0 Å². The van der Waals surface area contributed by atoms with Crippen molar-refractivity contribution in [3.63, 3.8) is 0 Å². The molecule has 0 spiro atoms. The van der Waals surface area contributed by atoms with E-state index in [9.17, 15) is 0 Å². The minimum atomic E-state index is 0.584. The largest absolute Gasteiger partial charge is 0.348 e. The molecule has 1 saturated heterocycles. The number of alkyl halides is 1. The first-order valence-corrected chi connectivity index (χ1v) is 5.90. The molecule has 1 aliphatic heterocycles. The van der Waals surface area contributed by atoms with Gasteiger partial charge in [-0.1, -0.05) is 6.92 Å². The summed E-state index contributed by atoms with van der Waals surface area (Å²) in [5, 5.41) is 1.14. The Balaban J connectivity index is 2.08. The van der Waals surface area contributed by atoms with E-state index in [0.29, 0.717) is 5.88 Å². The minimum absolute atomic E-state index is 0.584. The van der Waals surface area contributed by atoms with Crippen molar-refractivity contribution in [1.82, 2.24) is 4.98 Å². The normalized spacial score (nSPS) is 22.6. The van der Waals surface area contributed by atoms with Crippen molar-refractivity contribution in [1.29, 1.82) is 0 Å². The number of anilines is 1. The Hall–Kier alpha value is -0.280. The average Bonchev–Trinajstić information content (AvgIpc) is 2.71. The molecule has 1 atom stereocenters. The highest BCUT2D eigenvalue weighted by Gasteiger charge is 2.20. The number of nitrogens with zero attached hydrogens (tertiary/aromatic N) is 2. The third kappa shape index (κ3) is 1.97. The van der Waals surface area contributed by atoms with E-state index in [1.54, 1.807) is 11.3 Å². The number of hydrogen-bond acceptors (Lipinski definition) is 3.